The Balaban J connectivity index is 1.75. The first-order chi connectivity index (χ1) is 15.0. The molecule has 11 nitrogen and oxygen atoms in total. The number of hydrogen-bond acceptors (Lipinski definition) is 7. The van der Waals surface area contributed by atoms with E-state index in [9.17, 15) is 19.5 Å². The summed E-state index contributed by atoms with van der Waals surface area (Å²) in [5.41, 5.74) is 0.253. The molecule has 0 bridgehead atoms. The van der Waals surface area contributed by atoms with E-state index in [2.05, 4.69) is 20.5 Å². The topological polar surface area (TPSA) is 124 Å². The Kier molecular flexibility index (Phi) is 7.19. The highest BCUT2D eigenvalue weighted by molar-refractivity contribution is 5.90. The average molecular weight is 450 g/mol. The van der Waals surface area contributed by atoms with Gasteiger partial charge in [-0.05, 0) is 5.41 Å². The number of aliphatic hydroxyl groups excluding tert-OH is 1. The van der Waals surface area contributed by atoms with Gasteiger partial charge < -0.3 is 20.2 Å². The summed E-state index contributed by atoms with van der Waals surface area (Å²) in [6.45, 7) is 11.0. The number of carbonyl (C=O) groups excluding carboxylic acids is 3. The van der Waals surface area contributed by atoms with Gasteiger partial charge >= 0.3 is 0 Å². The Hall–Kier alpha value is -2.53. The summed E-state index contributed by atoms with van der Waals surface area (Å²) in [5, 5.41) is 21.2. The van der Waals surface area contributed by atoms with Gasteiger partial charge in [0.05, 0.1) is 18.0 Å². The van der Waals surface area contributed by atoms with Crippen molar-refractivity contribution in [3.63, 3.8) is 0 Å². The zero-order valence-corrected chi connectivity index (χ0v) is 19.6. The van der Waals surface area contributed by atoms with Crippen LogP contribution in [0, 0.1) is 5.41 Å². The second kappa shape index (κ2) is 9.53. The summed E-state index contributed by atoms with van der Waals surface area (Å²) in [7, 11) is 1.52. The zero-order valence-electron chi connectivity index (χ0n) is 19.6. The minimum atomic E-state index is -0.734. The predicted molar refractivity (Wildman–Crippen MR) is 116 cm³/mol. The summed E-state index contributed by atoms with van der Waals surface area (Å²) in [4.78, 5) is 42.9. The quantitative estimate of drug-likeness (QED) is 0.605. The molecule has 2 N–H and O–H groups in total. The highest BCUT2D eigenvalue weighted by Crippen LogP contribution is 2.34. The Morgan fingerprint density at radius 2 is 1.88 bits per heavy atom. The van der Waals surface area contributed by atoms with Crippen LogP contribution in [0.3, 0.4) is 0 Å². The Labute approximate surface area is 188 Å². The van der Waals surface area contributed by atoms with Gasteiger partial charge in [-0.2, -0.15) is 0 Å². The van der Waals surface area contributed by atoms with Crippen LogP contribution < -0.4 is 5.32 Å². The van der Waals surface area contributed by atoms with E-state index in [0.717, 1.165) is 18.8 Å². The minimum Gasteiger partial charge on any atom is -0.391 e. The van der Waals surface area contributed by atoms with E-state index in [-0.39, 0.29) is 30.7 Å². The second-order valence-corrected chi connectivity index (χ2v) is 9.75. The third kappa shape index (κ3) is 5.26. The number of nitrogens with one attached hydrogen (secondary N) is 1. The van der Waals surface area contributed by atoms with Crippen LogP contribution in [0.2, 0.25) is 0 Å². The van der Waals surface area contributed by atoms with Crippen molar-refractivity contribution in [2.75, 3.05) is 39.8 Å². The van der Waals surface area contributed by atoms with Gasteiger partial charge in [-0.25, -0.2) is 4.68 Å². The standard InChI is InChI=1S/C21H35N7O4/c1-14(29)26-8-6-25(7-9-26)11-15-12-28(24-23-15)18(21(2,3)4)20(32)27-13-16(30)10-17(27)19(31)22-5/h12,16-18,30H,6-11,13H2,1-5H3,(H,22,31)/t16?,17?,18-/m1/s1. The summed E-state index contributed by atoms with van der Waals surface area (Å²) in [6, 6.07) is -1.37. The molecule has 1 aromatic rings. The fourth-order valence-electron chi connectivity index (χ4n) is 4.47. The molecule has 1 aromatic heterocycles. The Morgan fingerprint density at radius 3 is 2.44 bits per heavy atom. The number of likely N-dealkylation sites (N-methyl/N-ethyl adjacent to an activating group) is 1. The van der Waals surface area contributed by atoms with Crippen molar-refractivity contribution in [1.29, 1.82) is 0 Å². The molecule has 32 heavy (non-hydrogen) atoms. The van der Waals surface area contributed by atoms with E-state index in [1.54, 1.807) is 17.8 Å². The van der Waals surface area contributed by atoms with E-state index in [1.807, 2.05) is 25.7 Å². The fourth-order valence-corrected chi connectivity index (χ4v) is 4.47. The molecule has 3 rings (SSSR count). The maximum Gasteiger partial charge on any atom is 0.248 e. The van der Waals surface area contributed by atoms with Crippen molar-refractivity contribution in [2.45, 2.75) is 58.8 Å². The highest BCUT2D eigenvalue weighted by atomic mass is 16.3. The van der Waals surface area contributed by atoms with Crippen LogP contribution in [0.5, 0.6) is 0 Å². The predicted octanol–water partition coefficient (Wildman–Crippen LogP) is -0.763. The number of aromatic nitrogens is 3. The molecule has 2 unspecified atom stereocenters. The van der Waals surface area contributed by atoms with E-state index in [1.165, 1.54) is 11.9 Å². The van der Waals surface area contributed by atoms with E-state index in [0.29, 0.717) is 19.6 Å². The molecule has 0 saturated carbocycles. The number of rotatable bonds is 5. The molecule has 0 aliphatic carbocycles. The van der Waals surface area contributed by atoms with Crippen LogP contribution in [0.15, 0.2) is 6.20 Å². The van der Waals surface area contributed by atoms with Crippen LogP contribution in [-0.2, 0) is 20.9 Å². The molecule has 11 heteroatoms. The lowest BCUT2D eigenvalue weighted by Crippen LogP contribution is -2.49. The number of amides is 3. The smallest absolute Gasteiger partial charge is 0.248 e. The van der Waals surface area contributed by atoms with E-state index in [4.69, 9.17) is 0 Å². The third-order valence-electron chi connectivity index (χ3n) is 6.19. The fraction of sp³-hybridized carbons (Fsp3) is 0.762. The molecule has 3 amide bonds. The van der Waals surface area contributed by atoms with Crippen LogP contribution in [0.4, 0.5) is 0 Å². The Morgan fingerprint density at radius 1 is 1.22 bits per heavy atom. The van der Waals surface area contributed by atoms with Crippen LogP contribution in [-0.4, -0.2) is 104 Å². The molecule has 2 aliphatic rings. The summed E-state index contributed by atoms with van der Waals surface area (Å²) in [6.07, 6.45) is 1.27. The van der Waals surface area contributed by atoms with Gasteiger partial charge in [-0.15, -0.1) is 5.10 Å². The molecular formula is C21H35N7O4. The SMILES string of the molecule is CNC(=O)C1CC(O)CN1C(=O)[C@@H](n1cc(CN2CCN(C(C)=O)CC2)nn1)C(C)(C)C. The van der Waals surface area contributed by atoms with E-state index >= 15 is 0 Å². The number of carbonyl (C=O) groups is 3. The molecule has 2 fully saturated rings. The van der Waals surface area contributed by atoms with Crippen molar-refractivity contribution in [2.24, 2.45) is 5.41 Å². The lowest BCUT2D eigenvalue weighted by Gasteiger charge is -2.34. The zero-order chi connectivity index (χ0) is 23.6. The molecule has 3 heterocycles. The van der Waals surface area contributed by atoms with Gasteiger partial charge in [0.25, 0.3) is 0 Å². The van der Waals surface area contributed by atoms with Crippen molar-refractivity contribution in [3.05, 3.63) is 11.9 Å². The van der Waals surface area contributed by atoms with Crippen molar-refractivity contribution >= 4 is 17.7 Å². The van der Waals surface area contributed by atoms with Gasteiger partial charge in [0.2, 0.25) is 17.7 Å². The normalized spacial score (nSPS) is 23.3. The van der Waals surface area contributed by atoms with Crippen molar-refractivity contribution < 1.29 is 19.5 Å². The number of piperazine rings is 1. The van der Waals surface area contributed by atoms with Crippen molar-refractivity contribution in [3.8, 4) is 0 Å². The molecule has 178 valence electrons. The Bertz CT molecular complexity index is 841. The average Bonchev–Trinajstić information content (AvgIpc) is 3.33. The molecule has 0 radical (unpaired) electrons. The summed E-state index contributed by atoms with van der Waals surface area (Å²) in [5.74, 6) is -0.454. The monoisotopic (exact) mass is 449 g/mol. The van der Waals surface area contributed by atoms with Gasteiger partial charge in [0.1, 0.15) is 12.1 Å². The molecule has 0 aromatic carbocycles. The number of β-amino-alcohol motifs (C(OH)–C–C–N with tert-alkyl or cyclic N) is 1. The number of hydrogen-bond donors (Lipinski definition) is 2. The van der Waals surface area contributed by atoms with Crippen molar-refractivity contribution in [1.82, 2.24) is 35.0 Å². The summed E-state index contributed by atoms with van der Waals surface area (Å²) < 4.78 is 1.58. The van der Waals surface area contributed by atoms with Gasteiger partial charge in [0.15, 0.2) is 0 Å². The molecule has 2 aliphatic heterocycles. The molecule has 2 saturated heterocycles. The highest BCUT2D eigenvalue weighted by Gasteiger charge is 2.45. The maximum absolute atomic E-state index is 13.6. The van der Waals surface area contributed by atoms with Gasteiger partial charge in [0, 0.05) is 59.7 Å². The number of nitrogens with zero attached hydrogens (tertiary/aromatic N) is 6. The largest absolute Gasteiger partial charge is 0.391 e. The lowest BCUT2D eigenvalue weighted by atomic mass is 9.85. The van der Waals surface area contributed by atoms with Gasteiger partial charge in [-0.3, -0.25) is 19.3 Å². The van der Waals surface area contributed by atoms with Crippen LogP contribution >= 0.6 is 0 Å². The molecular weight excluding hydrogens is 414 g/mol. The van der Waals surface area contributed by atoms with E-state index < -0.39 is 23.6 Å². The summed E-state index contributed by atoms with van der Waals surface area (Å²) >= 11 is 0. The van der Waals surface area contributed by atoms with Gasteiger partial charge in [-0.1, -0.05) is 26.0 Å². The number of aliphatic hydroxyl groups is 1. The number of likely N-dealkylation sites (tertiary alicyclic amines) is 1. The van der Waals surface area contributed by atoms with Crippen LogP contribution in [0.1, 0.15) is 45.9 Å². The minimum absolute atomic E-state index is 0.0872. The third-order valence-corrected chi connectivity index (χ3v) is 6.19. The molecule has 0 spiro atoms. The first-order valence-corrected chi connectivity index (χ1v) is 11.1. The maximum atomic E-state index is 13.6. The van der Waals surface area contributed by atoms with Crippen LogP contribution in [0.25, 0.3) is 0 Å². The first-order valence-electron chi connectivity index (χ1n) is 11.1. The lowest BCUT2D eigenvalue weighted by molar-refractivity contribution is -0.144. The second-order valence-electron chi connectivity index (χ2n) is 9.75. The molecule has 3 atom stereocenters. The first kappa shape index (κ1) is 24.1.